The Bertz CT molecular complexity index is 505. The van der Waals surface area contributed by atoms with Crippen LogP contribution < -0.4 is 5.32 Å². The molecule has 2 N–H and O–H groups in total. The van der Waals surface area contributed by atoms with Crippen LogP contribution in [0.2, 0.25) is 0 Å². The third-order valence-electron chi connectivity index (χ3n) is 5.21. The Labute approximate surface area is 138 Å². The number of nitrogens with zero attached hydrogens (tertiary/aromatic N) is 1. The minimum Gasteiger partial charge on any atom is -0.393 e. The van der Waals surface area contributed by atoms with Gasteiger partial charge in [-0.25, -0.2) is 0 Å². The zero-order valence-corrected chi connectivity index (χ0v) is 13.8. The molecule has 2 fully saturated rings. The van der Waals surface area contributed by atoms with Crippen LogP contribution in [0.1, 0.15) is 44.1 Å². The van der Waals surface area contributed by atoms with Crippen LogP contribution in [0.15, 0.2) is 30.3 Å². The Morgan fingerprint density at radius 1 is 1.17 bits per heavy atom. The number of likely N-dealkylation sites (tertiary alicyclic amines) is 1. The fourth-order valence-corrected chi connectivity index (χ4v) is 3.94. The molecule has 3 rings (SSSR count). The van der Waals surface area contributed by atoms with Crippen LogP contribution in [0.5, 0.6) is 0 Å². The molecule has 1 saturated heterocycles. The first-order valence-corrected chi connectivity index (χ1v) is 8.96. The lowest BCUT2D eigenvalue weighted by Gasteiger charge is -2.28. The van der Waals surface area contributed by atoms with Crippen LogP contribution in [0.25, 0.3) is 0 Å². The van der Waals surface area contributed by atoms with Crippen molar-refractivity contribution < 1.29 is 9.90 Å². The molecule has 1 saturated carbocycles. The van der Waals surface area contributed by atoms with Gasteiger partial charge in [0.2, 0.25) is 5.91 Å². The minimum atomic E-state index is -0.174. The van der Waals surface area contributed by atoms with Gasteiger partial charge in [-0.15, -0.1) is 0 Å². The van der Waals surface area contributed by atoms with Gasteiger partial charge >= 0.3 is 0 Å². The first-order valence-electron chi connectivity index (χ1n) is 8.96. The summed E-state index contributed by atoms with van der Waals surface area (Å²) in [5, 5.41) is 12.9. The van der Waals surface area contributed by atoms with Crippen LogP contribution >= 0.6 is 0 Å². The molecule has 0 aromatic heterocycles. The highest BCUT2D eigenvalue weighted by Gasteiger charge is 2.31. The normalized spacial score (nSPS) is 28.7. The van der Waals surface area contributed by atoms with E-state index in [2.05, 4.69) is 34.5 Å². The molecule has 23 heavy (non-hydrogen) atoms. The zero-order chi connectivity index (χ0) is 16.1. The summed E-state index contributed by atoms with van der Waals surface area (Å²) in [6.45, 7) is 2.56. The second-order valence-electron chi connectivity index (χ2n) is 7.05. The Morgan fingerprint density at radius 2 is 2.00 bits per heavy atom. The van der Waals surface area contributed by atoms with Crippen molar-refractivity contribution in [3.05, 3.63) is 35.9 Å². The highest BCUT2D eigenvalue weighted by atomic mass is 16.3. The summed E-state index contributed by atoms with van der Waals surface area (Å²) in [6, 6.07) is 10.4. The third-order valence-corrected chi connectivity index (χ3v) is 5.21. The van der Waals surface area contributed by atoms with E-state index in [1.807, 2.05) is 6.07 Å². The van der Waals surface area contributed by atoms with Crippen molar-refractivity contribution in [2.24, 2.45) is 5.92 Å². The second kappa shape index (κ2) is 7.93. The molecule has 1 aliphatic heterocycles. The molecule has 0 unspecified atom stereocenters. The first kappa shape index (κ1) is 16.5. The summed E-state index contributed by atoms with van der Waals surface area (Å²) in [6.07, 6.45) is 5.81. The van der Waals surface area contributed by atoms with Crippen molar-refractivity contribution in [2.45, 2.75) is 57.2 Å². The lowest BCUT2D eigenvalue weighted by Crippen LogP contribution is -2.44. The molecule has 0 bridgehead atoms. The highest BCUT2D eigenvalue weighted by molar-refractivity contribution is 5.82. The molecule has 1 heterocycles. The van der Waals surface area contributed by atoms with E-state index < -0.39 is 0 Å². The number of hydrogen-bond donors (Lipinski definition) is 2. The molecule has 126 valence electrons. The maximum absolute atomic E-state index is 12.6. The smallest absolute Gasteiger partial charge is 0.237 e. The monoisotopic (exact) mass is 316 g/mol. The van der Waals surface area contributed by atoms with E-state index in [-0.39, 0.29) is 18.1 Å². The number of hydrogen-bond acceptors (Lipinski definition) is 3. The average molecular weight is 316 g/mol. The van der Waals surface area contributed by atoms with Crippen molar-refractivity contribution >= 4 is 5.91 Å². The number of benzene rings is 1. The molecule has 3 atom stereocenters. The summed E-state index contributed by atoms with van der Waals surface area (Å²) in [7, 11) is 0. The first-order chi connectivity index (χ1) is 11.2. The van der Waals surface area contributed by atoms with Crippen molar-refractivity contribution in [1.29, 1.82) is 0 Å². The molecule has 0 spiro atoms. The number of rotatable bonds is 5. The molecule has 2 aliphatic rings. The lowest BCUT2D eigenvalue weighted by molar-refractivity contribution is -0.126. The summed E-state index contributed by atoms with van der Waals surface area (Å²) in [5.74, 6) is 0.602. The van der Waals surface area contributed by atoms with E-state index in [0.717, 1.165) is 51.6 Å². The Hall–Kier alpha value is -1.39. The van der Waals surface area contributed by atoms with Gasteiger partial charge in [0.25, 0.3) is 0 Å². The summed E-state index contributed by atoms with van der Waals surface area (Å²) in [5.41, 5.74) is 1.27. The summed E-state index contributed by atoms with van der Waals surface area (Å²) < 4.78 is 0. The van der Waals surface area contributed by atoms with E-state index in [0.29, 0.717) is 12.5 Å². The van der Waals surface area contributed by atoms with Crippen molar-refractivity contribution in [3.8, 4) is 0 Å². The standard InChI is InChI=1S/C19H28N2O2/c22-17-9-4-8-16(12-17)13-20-19(23)18-10-5-11-21(18)14-15-6-2-1-3-7-15/h1-3,6-7,16-18,22H,4-5,8-14H2,(H,20,23)/t16-,17-,18+/m1/s1. The Morgan fingerprint density at radius 3 is 2.78 bits per heavy atom. The van der Waals surface area contributed by atoms with Gasteiger partial charge < -0.3 is 10.4 Å². The zero-order valence-electron chi connectivity index (χ0n) is 13.8. The highest BCUT2D eigenvalue weighted by Crippen LogP contribution is 2.24. The van der Waals surface area contributed by atoms with Gasteiger partial charge in [-0.3, -0.25) is 9.69 Å². The van der Waals surface area contributed by atoms with Crippen LogP contribution in [0.3, 0.4) is 0 Å². The van der Waals surface area contributed by atoms with Crippen LogP contribution in [-0.2, 0) is 11.3 Å². The van der Waals surface area contributed by atoms with Gasteiger partial charge in [0.15, 0.2) is 0 Å². The number of aliphatic hydroxyl groups excluding tert-OH is 1. The molecule has 1 aromatic carbocycles. The molecular formula is C19H28N2O2. The van der Waals surface area contributed by atoms with Crippen molar-refractivity contribution in [2.75, 3.05) is 13.1 Å². The fraction of sp³-hybridized carbons (Fsp3) is 0.632. The maximum atomic E-state index is 12.6. The van der Waals surface area contributed by atoms with Gasteiger partial charge in [-0.05, 0) is 50.1 Å². The fourth-order valence-electron chi connectivity index (χ4n) is 3.94. The number of amides is 1. The molecule has 0 radical (unpaired) electrons. The Balaban J connectivity index is 1.49. The molecule has 1 aromatic rings. The minimum absolute atomic E-state index is 0.00344. The topological polar surface area (TPSA) is 52.6 Å². The Kier molecular flexibility index (Phi) is 5.68. The number of carbonyl (C=O) groups is 1. The van der Waals surface area contributed by atoms with Gasteiger partial charge in [-0.2, -0.15) is 0 Å². The van der Waals surface area contributed by atoms with E-state index in [1.165, 1.54) is 5.56 Å². The van der Waals surface area contributed by atoms with Gasteiger partial charge in [-0.1, -0.05) is 36.8 Å². The number of carbonyl (C=O) groups excluding carboxylic acids is 1. The quantitative estimate of drug-likeness (QED) is 0.876. The van der Waals surface area contributed by atoms with E-state index >= 15 is 0 Å². The molecule has 4 heteroatoms. The molecular weight excluding hydrogens is 288 g/mol. The van der Waals surface area contributed by atoms with E-state index in [1.54, 1.807) is 0 Å². The number of nitrogens with one attached hydrogen (secondary N) is 1. The SMILES string of the molecule is O=C(NC[C@@H]1CCC[C@@H](O)C1)[C@@H]1CCCN1Cc1ccccc1. The van der Waals surface area contributed by atoms with Crippen LogP contribution in [-0.4, -0.2) is 41.1 Å². The van der Waals surface area contributed by atoms with Crippen LogP contribution in [0, 0.1) is 5.92 Å². The maximum Gasteiger partial charge on any atom is 0.237 e. The number of aliphatic hydroxyl groups is 1. The van der Waals surface area contributed by atoms with E-state index in [9.17, 15) is 9.90 Å². The van der Waals surface area contributed by atoms with Crippen molar-refractivity contribution in [3.63, 3.8) is 0 Å². The predicted molar refractivity (Wildman–Crippen MR) is 90.8 cm³/mol. The lowest BCUT2D eigenvalue weighted by atomic mass is 9.87. The third kappa shape index (κ3) is 4.55. The molecule has 1 amide bonds. The predicted octanol–water partition coefficient (Wildman–Crippen LogP) is 2.32. The molecule has 1 aliphatic carbocycles. The second-order valence-corrected chi connectivity index (χ2v) is 7.05. The van der Waals surface area contributed by atoms with Crippen molar-refractivity contribution in [1.82, 2.24) is 10.2 Å². The van der Waals surface area contributed by atoms with Gasteiger partial charge in [0.1, 0.15) is 0 Å². The van der Waals surface area contributed by atoms with Gasteiger partial charge in [0.05, 0.1) is 12.1 Å². The average Bonchev–Trinajstić information content (AvgIpc) is 3.02. The van der Waals surface area contributed by atoms with Gasteiger partial charge in [0, 0.05) is 13.1 Å². The molecule has 4 nitrogen and oxygen atoms in total. The largest absolute Gasteiger partial charge is 0.393 e. The van der Waals surface area contributed by atoms with Crippen LogP contribution in [0.4, 0.5) is 0 Å². The van der Waals surface area contributed by atoms with E-state index in [4.69, 9.17) is 0 Å². The summed E-state index contributed by atoms with van der Waals surface area (Å²) >= 11 is 0. The summed E-state index contributed by atoms with van der Waals surface area (Å²) in [4.78, 5) is 14.8.